The van der Waals surface area contributed by atoms with E-state index in [0.29, 0.717) is 18.6 Å². The van der Waals surface area contributed by atoms with E-state index in [0.717, 1.165) is 16.7 Å². The number of phosphoric ester groups is 1. The van der Waals surface area contributed by atoms with E-state index in [2.05, 4.69) is 4.98 Å². The number of benzene rings is 1. The number of aromatic amines is 1. The molecule has 0 amide bonds. The molecule has 2 aromatic rings. The Hall–Kier alpha value is -1.48. The van der Waals surface area contributed by atoms with Crippen LogP contribution in [0.4, 0.5) is 0 Å². The molecule has 0 saturated carbocycles. The minimum Gasteiger partial charge on any atom is -0.403 e. The van der Waals surface area contributed by atoms with Crippen molar-refractivity contribution < 1.29 is 22.9 Å². The summed E-state index contributed by atoms with van der Waals surface area (Å²) in [4.78, 5) is 14.0. The largest absolute Gasteiger partial charge is 0.530 e. The van der Waals surface area contributed by atoms with E-state index in [1.807, 2.05) is 26.0 Å². The molecule has 2 aliphatic rings. The maximum Gasteiger partial charge on any atom is 0.530 e. The zero-order valence-electron chi connectivity index (χ0n) is 15.8. The minimum atomic E-state index is -3.73. The second kappa shape index (κ2) is 7.98. The van der Waals surface area contributed by atoms with Crippen molar-refractivity contribution in [2.75, 3.05) is 6.61 Å². The number of aryl methyl sites for hydroxylation is 2. The molecule has 1 aromatic carbocycles. The number of hydrogen-bond donors (Lipinski definition) is 1. The average molecular weight is 459 g/mol. The SMILES string of the molecule is Cc1cc(C)c2c(c1)COP(=O)(OCC1CCC(n3cc(Cl)c(=O)[nH]c3=S)O1)O2. The monoisotopic (exact) mass is 458 g/mol. The second-order valence-corrected chi connectivity index (χ2v) is 9.50. The number of ether oxygens (including phenoxy) is 1. The maximum atomic E-state index is 12.9. The van der Waals surface area contributed by atoms with Gasteiger partial charge in [-0.05, 0) is 44.5 Å². The highest BCUT2D eigenvalue weighted by Crippen LogP contribution is 2.55. The van der Waals surface area contributed by atoms with E-state index >= 15 is 0 Å². The van der Waals surface area contributed by atoms with E-state index < -0.39 is 19.6 Å². The number of rotatable bonds is 4. The van der Waals surface area contributed by atoms with Crippen LogP contribution < -0.4 is 10.1 Å². The summed E-state index contributed by atoms with van der Waals surface area (Å²) in [7, 11) is -3.73. The van der Waals surface area contributed by atoms with Crippen LogP contribution in [0.15, 0.2) is 23.1 Å². The first kappa shape index (κ1) is 20.8. The number of nitrogens with one attached hydrogen (secondary N) is 1. The maximum absolute atomic E-state index is 12.9. The number of nitrogens with zero attached hydrogens (tertiary/aromatic N) is 1. The van der Waals surface area contributed by atoms with Gasteiger partial charge >= 0.3 is 7.82 Å². The van der Waals surface area contributed by atoms with Gasteiger partial charge in [0, 0.05) is 11.8 Å². The Labute approximate surface area is 177 Å². The van der Waals surface area contributed by atoms with Gasteiger partial charge in [0.15, 0.2) is 4.77 Å². The smallest absolute Gasteiger partial charge is 0.403 e. The van der Waals surface area contributed by atoms with Gasteiger partial charge in [0.25, 0.3) is 5.56 Å². The van der Waals surface area contributed by atoms with E-state index in [4.69, 9.17) is 42.1 Å². The lowest BCUT2D eigenvalue weighted by Gasteiger charge is -2.27. The van der Waals surface area contributed by atoms with Crippen LogP contribution in [-0.2, 0) is 25.0 Å². The van der Waals surface area contributed by atoms with Gasteiger partial charge in [-0.2, -0.15) is 0 Å². The molecule has 1 saturated heterocycles. The molecule has 11 heteroatoms. The first-order chi connectivity index (χ1) is 13.7. The van der Waals surface area contributed by atoms with Gasteiger partial charge in [-0.1, -0.05) is 29.3 Å². The van der Waals surface area contributed by atoms with Crippen LogP contribution >= 0.6 is 31.6 Å². The summed E-state index contributed by atoms with van der Waals surface area (Å²) in [5.41, 5.74) is 2.37. The molecule has 3 unspecified atom stereocenters. The van der Waals surface area contributed by atoms with Crippen LogP contribution in [0.25, 0.3) is 0 Å². The second-order valence-electron chi connectivity index (χ2n) is 7.11. The Bertz CT molecular complexity index is 1120. The summed E-state index contributed by atoms with van der Waals surface area (Å²) in [6.07, 6.45) is 2.01. The summed E-state index contributed by atoms with van der Waals surface area (Å²) >= 11 is 11.1. The molecule has 2 aliphatic heterocycles. The van der Waals surface area contributed by atoms with Crippen LogP contribution in [0.1, 0.15) is 35.8 Å². The van der Waals surface area contributed by atoms with Crippen molar-refractivity contribution in [2.45, 2.75) is 45.6 Å². The van der Waals surface area contributed by atoms with E-state index in [9.17, 15) is 9.36 Å². The first-order valence-corrected chi connectivity index (χ1v) is 11.3. The summed E-state index contributed by atoms with van der Waals surface area (Å²) in [5, 5.41) is 0.0274. The molecule has 1 fully saturated rings. The Kier molecular flexibility index (Phi) is 5.72. The Balaban J connectivity index is 1.40. The Morgan fingerprint density at radius 2 is 2.17 bits per heavy atom. The number of phosphoric acid groups is 1. The van der Waals surface area contributed by atoms with Crippen LogP contribution in [0.3, 0.4) is 0 Å². The molecule has 4 rings (SSSR count). The van der Waals surface area contributed by atoms with Crippen molar-refractivity contribution in [3.05, 3.63) is 55.2 Å². The zero-order chi connectivity index (χ0) is 20.8. The van der Waals surface area contributed by atoms with Gasteiger partial charge in [-0.3, -0.25) is 23.4 Å². The summed E-state index contributed by atoms with van der Waals surface area (Å²) in [6.45, 7) is 4.07. The molecule has 3 atom stereocenters. The van der Waals surface area contributed by atoms with Gasteiger partial charge in [0.05, 0.1) is 19.3 Å². The predicted molar refractivity (Wildman–Crippen MR) is 109 cm³/mol. The lowest BCUT2D eigenvalue weighted by Crippen LogP contribution is -2.21. The number of halogens is 1. The van der Waals surface area contributed by atoms with Crippen LogP contribution in [0.5, 0.6) is 5.75 Å². The molecular formula is C18H20ClN2O6PS. The van der Waals surface area contributed by atoms with E-state index in [-0.39, 0.29) is 29.1 Å². The molecule has 8 nitrogen and oxygen atoms in total. The molecule has 0 bridgehead atoms. The van der Waals surface area contributed by atoms with Crippen LogP contribution in [0.2, 0.25) is 5.02 Å². The van der Waals surface area contributed by atoms with Gasteiger partial charge < -0.3 is 9.26 Å². The van der Waals surface area contributed by atoms with E-state index in [1.54, 1.807) is 4.57 Å². The lowest BCUT2D eigenvalue weighted by molar-refractivity contribution is -0.0256. The topological polar surface area (TPSA) is 91.8 Å². The highest BCUT2D eigenvalue weighted by Gasteiger charge is 2.37. The number of H-pyrrole nitrogens is 1. The van der Waals surface area contributed by atoms with Gasteiger partial charge in [0.1, 0.15) is 17.0 Å². The van der Waals surface area contributed by atoms with Gasteiger partial charge in [-0.25, -0.2) is 4.57 Å². The highest BCUT2D eigenvalue weighted by atomic mass is 35.5. The standard InChI is InChI=1S/C18H20ClN2O6PS/c1-10-5-11(2)16-12(6-10)8-24-28(23,27-16)25-9-13-3-4-15(26-13)21-7-14(19)17(22)20-18(21)29/h5-7,13,15H,3-4,8-9H2,1-2H3,(H,20,22,29). The van der Waals surface area contributed by atoms with Crippen molar-refractivity contribution >= 4 is 31.6 Å². The molecule has 0 aliphatic carbocycles. The molecular weight excluding hydrogens is 439 g/mol. The van der Waals surface area contributed by atoms with Crippen LogP contribution in [0, 0.1) is 18.6 Å². The molecule has 29 heavy (non-hydrogen) atoms. The van der Waals surface area contributed by atoms with Gasteiger partial charge in [-0.15, -0.1) is 0 Å². The summed E-state index contributed by atoms with van der Waals surface area (Å²) in [6, 6.07) is 3.90. The third-order valence-corrected chi connectivity index (χ3v) is 6.71. The third kappa shape index (κ3) is 4.35. The quantitative estimate of drug-likeness (QED) is 0.529. The lowest BCUT2D eigenvalue weighted by atomic mass is 10.1. The van der Waals surface area contributed by atoms with Crippen molar-refractivity contribution in [3.8, 4) is 5.75 Å². The molecule has 156 valence electrons. The Morgan fingerprint density at radius 3 is 2.97 bits per heavy atom. The third-order valence-electron chi connectivity index (χ3n) is 4.82. The van der Waals surface area contributed by atoms with Crippen molar-refractivity contribution in [1.29, 1.82) is 0 Å². The average Bonchev–Trinajstić information content (AvgIpc) is 3.13. The molecule has 3 heterocycles. The number of hydrogen-bond acceptors (Lipinski definition) is 7. The number of aromatic nitrogens is 2. The summed E-state index contributed by atoms with van der Waals surface area (Å²) < 4.78 is 37.1. The fourth-order valence-corrected chi connectivity index (χ4v) is 5.22. The fourth-order valence-electron chi connectivity index (χ4n) is 3.49. The normalized spacial score (nSPS) is 26.2. The van der Waals surface area contributed by atoms with Crippen molar-refractivity contribution in [2.24, 2.45) is 0 Å². The van der Waals surface area contributed by atoms with Crippen molar-refractivity contribution in [3.63, 3.8) is 0 Å². The van der Waals surface area contributed by atoms with E-state index in [1.165, 1.54) is 6.20 Å². The predicted octanol–water partition coefficient (Wildman–Crippen LogP) is 4.59. The van der Waals surface area contributed by atoms with Crippen LogP contribution in [-0.4, -0.2) is 22.3 Å². The molecule has 0 radical (unpaired) electrons. The molecule has 1 N–H and O–H groups in total. The fraction of sp³-hybridized carbons (Fsp3) is 0.444. The molecule has 1 aromatic heterocycles. The zero-order valence-corrected chi connectivity index (χ0v) is 18.3. The van der Waals surface area contributed by atoms with Gasteiger partial charge in [0.2, 0.25) is 0 Å². The number of fused-ring (bicyclic) bond motifs is 1. The summed E-state index contributed by atoms with van der Waals surface area (Å²) in [5.74, 6) is 0.546. The minimum absolute atomic E-state index is 0.0274. The highest BCUT2D eigenvalue weighted by molar-refractivity contribution is 7.71. The first-order valence-electron chi connectivity index (χ1n) is 9.09. The van der Waals surface area contributed by atoms with Crippen molar-refractivity contribution in [1.82, 2.24) is 9.55 Å². The molecule has 0 spiro atoms. The Morgan fingerprint density at radius 1 is 1.38 bits per heavy atom.